The average molecular weight is 185 g/mol. The summed E-state index contributed by atoms with van der Waals surface area (Å²) in [6.45, 7) is 7.90. The van der Waals surface area contributed by atoms with E-state index in [1.165, 1.54) is 0 Å². The van der Waals surface area contributed by atoms with Crippen LogP contribution in [0.1, 0.15) is 27.7 Å². The standard InChI is InChI=1S/C9H15NO3/c1-5-12-8-10-9(4,6(2)3)7(11)13-8/h6H,5H2,1-4H3/t9-/m0/s1. The van der Waals surface area contributed by atoms with E-state index in [0.717, 1.165) is 0 Å². The van der Waals surface area contributed by atoms with Crippen molar-refractivity contribution in [3.63, 3.8) is 0 Å². The summed E-state index contributed by atoms with van der Waals surface area (Å²) in [7, 11) is 0. The zero-order valence-electron chi connectivity index (χ0n) is 8.46. The molecule has 4 nitrogen and oxygen atoms in total. The Morgan fingerprint density at radius 1 is 1.62 bits per heavy atom. The molecule has 1 aliphatic heterocycles. The summed E-state index contributed by atoms with van der Waals surface area (Å²) >= 11 is 0. The van der Waals surface area contributed by atoms with Gasteiger partial charge in [-0.2, -0.15) is 4.99 Å². The topological polar surface area (TPSA) is 47.9 Å². The summed E-state index contributed by atoms with van der Waals surface area (Å²) in [5, 5.41) is 0. The van der Waals surface area contributed by atoms with E-state index in [1.807, 2.05) is 20.8 Å². The maximum atomic E-state index is 11.4. The van der Waals surface area contributed by atoms with Crippen molar-refractivity contribution in [3.05, 3.63) is 0 Å². The van der Waals surface area contributed by atoms with Crippen molar-refractivity contribution >= 4 is 12.1 Å². The lowest BCUT2D eigenvalue weighted by molar-refractivity contribution is -0.140. The molecule has 0 aromatic carbocycles. The van der Waals surface area contributed by atoms with Crippen LogP contribution in [0, 0.1) is 5.92 Å². The highest BCUT2D eigenvalue weighted by Gasteiger charge is 2.45. The van der Waals surface area contributed by atoms with E-state index in [9.17, 15) is 4.79 Å². The molecule has 0 saturated carbocycles. The van der Waals surface area contributed by atoms with Crippen LogP contribution in [0.4, 0.5) is 0 Å². The van der Waals surface area contributed by atoms with Crippen LogP contribution in [0.5, 0.6) is 0 Å². The van der Waals surface area contributed by atoms with Gasteiger partial charge in [-0.3, -0.25) is 0 Å². The first-order chi connectivity index (χ1) is 6.00. The lowest BCUT2D eigenvalue weighted by atomic mass is 9.90. The van der Waals surface area contributed by atoms with Crippen LogP contribution in [0.2, 0.25) is 0 Å². The lowest BCUT2D eigenvalue weighted by Crippen LogP contribution is -2.35. The fourth-order valence-electron chi connectivity index (χ4n) is 0.991. The van der Waals surface area contributed by atoms with Gasteiger partial charge < -0.3 is 9.47 Å². The van der Waals surface area contributed by atoms with E-state index in [4.69, 9.17) is 9.47 Å². The van der Waals surface area contributed by atoms with Crippen molar-refractivity contribution in [3.8, 4) is 0 Å². The van der Waals surface area contributed by atoms with Gasteiger partial charge in [-0.15, -0.1) is 0 Å². The number of carbonyl (C=O) groups excluding carboxylic acids is 1. The fourth-order valence-corrected chi connectivity index (χ4v) is 0.991. The quantitative estimate of drug-likeness (QED) is 0.610. The summed E-state index contributed by atoms with van der Waals surface area (Å²) in [6, 6.07) is 0. The Bertz CT molecular complexity index is 247. The third kappa shape index (κ3) is 1.66. The molecule has 0 amide bonds. The monoisotopic (exact) mass is 185 g/mol. The molecule has 4 heteroatoms. The zero-order valence-corrected chi connectivity index (χ0v) is 8.46. The summed E-state index contributed by atoms with van der Waals surface area (Å²) < 4.78 is 9.89. The van der Waals surface area contributed by atoms with Crippen molar-refractivity contribution in [1.82, 2.24) is 0 Å². The molecule has 1 aliphatic rings. The normalized spacial score (nSPS) is 27.5. The summed E-state index contributed by atoms with van der Waals surface area (Å²) in [5.41, 5.74) is -0.773. The Kier molecular flexibility index (Phi) is 2.59. The van der Waals surface area contributed by atoms with E-state index < -0.39 is 5.54 Å². The lowest BCUT2D eigenvalue weighted by Gasteiger charge is -2.19. The molecule has 74 valence electrons. The van der Waals surface area contributed by atoms with Crippen LogP contribution in [0.3, 0.4) is 0 Å². The molecular formula is C9H15NO3. The highest BCUT2D eigenvalue weighted by molar-refractivity contribution is 5.96. The van der Waals surface area contributed by atoms with Gasteiger partial charge in [-0.1, -0.05) is 13.8 Å². The predicted molar refractivity (Wildman–Crippen MR) is 48.4 cm³/mol. The van der Waals surface area contributed by atoms with E-state index in [0.29, 0.717) is 6.61 Å². The van der Waals surface area contributed by atoms with Crippen molar-refractivity contribution in [2.45, 2.75) is 33.2 Å². The van der Waals surface area contributed by atoms with Crippen LogP contribution in [0.15, 0.2) is 4.99 Å². The number of rotatable bonds is 2. The minimum atomic E-state index is -0.773. The van der Waals surface area contributed by atoms with E-state index >= 15 is 0 Å². The first-order valence-electron chi connectivity index (χ1n) is 4.45. The smallest absolute Gasteiger partial charge is 0.392 e. The van der Waals surface area contributed by atoms with Gasteiger partial charge in [0.2, 0.25) is 0 Å². The number of hydrogen-bond donors (Lipinski definition) is 0. The molecule has 0 radical (unpaired) electrons. The van der Waals surface area contributed by atoms with Gasteiger partial charge in [0.25, 0.3) is 0 Å². The van der Waals surface area contributed by atoms with Crippen LogP contribution >= 0.6 is 0 Å². The second-order valence-corrected chi connectivity index (χ2v) is 3.50. The van der Waals surface area contributed by atoms with Crippen LogP contribution < -0.4 is 0 Å². The van der Waals surface area contributed by atoms with Gasteiger partial charge >= 0.3 is 12.1 Å². The Morgan fingerprint density at radius 2 is 2.23 bits per heavy atom. The minimum Gasteiger partial charge on any atom is -0.451 e. The number of aliphatic imine (C=N–C) groups is 1. The van der Waals surface area contributed by atoms with Gasteiger partial charge in [0.1, 0.15) is 0 Å². The number of nitrogens with zero attached hydrogens (tertiary/aromatic N) is 1. The van der Waals surface area contributed by atoms with E-state index in [1.54, 1.807) is 6.92 Å². The average Bonchev–Trinajstić information content (AvgIpc) is 2.29. The van der Waals surface area contributed by atoms with Crippen molar-refractivity contribution in [2.75, 3.05) is 6.61 Å². The van der Waals surface area contributed by atoms with Crippen LogP contribution in [-0.2, 0) is 14.3 Å². The molecule has 0 bridgehead atoms. The number of cyclic esters (lactones) is 1. The molecule has 0 fully saturated rings. The predicted octanol–water partition coefficient (Wildman–Crippen LogP) is 1.35. The molecule has 1 heterocycles. The number of esters is 1. The van der Waals surface area contributed by atoms with Gasteiger partial charge in [0, 0.05) is 0 Å². The van der Waals surface area contributed by atoms with Gasteiger partial charge in [-0.25, -0.2) is 4.79 Å². The number of ether oxygens (including phenoxy) is 2. The Balaban J connectivity index is 2.82. The summed E-state index contributed by atoms with van der Waals surface area (Å²) in [4.78, 5) is 15.5. The summed E-state index contributed by atoms with van der Waals surface area (Å²) in [5.74, 6) is -0.219. The highest BCUT2D eigenvalue weighted by atomic mass is 16.7. The molecule has 0 aromatic rings. The van der Waals surface area contributed by atoms with E-state index in [-0.39, 0.29) is 18.0 Å². The molecule has 0 aromatic heterocycles. The Hall–Kier alpha value is -1.06. The Labute approximate surface area is 77.9 Å². The molecule has 13 heavy (non-hydrogen) atoms. The number of hydrogen-bond acceptors (Lipinski definition) is 4. The van der Waals surface area contributed by atoms with Gasteiger partial charge in [-0.05, 0) is 19.8 Å². The SMILES string of the molecule is CCOC1=N[C@@](C)(C(C)C)C(=O)O1. The zero-order chi connectivity index (χ0) is 10.1. The maximum Gasteiger partial charge on any atom is 0.392 e. The molecule has 0 saturated heterocycles. The maximum absolute atomic E-state index is 11.4. The van der Waals surface area contributed by atoms with Crippen molar-refractivity contribution in [2.24, 2.45) is 10.9 Å². The second-order valence-electron chi connectivity index (χ2n) is 3.50. The molecule has 0 N–H and O–H groups in total. The minimum absolute atomic E-state index is 0.101. The molecule has 0 aliphatic carbocycles. The second kappa shape index (κ2) is 3.36. The molecule has 0 unspecified atom stereocenters. The van der Waals surface area contributed by atoms with Crippen molar-refractivity contribution in [1.29, 1.82) is 0 Å². The van der Waals surface area contributed by atoms with Crippen LogP contribution in [0.25, 0.3) is 0 Å². The number of carbonyl (C=O) groups is 1. The van der Waals surface area contributed by atoms with Crippen molar-refractivity contribution < 1.29 is 14.3 Å². The first-order valence-corrected chi connectivity index (χ1v) is 4.45. The molecular weight excluding hydrogens is 170 g/mol. The van der Waals surface area contributed by atoms with Crippen LogP contribution in [-0.4, -0.2) is 24.2 Å². The Morgan fingerprint density at radius 3 is 2.62 bits per heavy atom. The summed E-state index contributed by atoms with van der Waals surface area (Å²) in [6.07, 6.45) is 0.101. The first kappa shape index (κ1) is 10.0. The third-order valence-electron chi connectivity index (χ3n) is 2.31. The third-order valence-corrected chi connectivity index (χ3v) is 2.31. The highest BCUT2D eigenvalue weighted by Crippen LogP contribution is 2.28. The van der Waals surface area contributed by atoms with Gasteiger partial charge in [0.15, 0.2) is 5.54 Å². The molecule has 1 rings (SSSR count). The largest absolute Gasteiger partial charge is 0.451 e. The molecule has 1 atom stereocenters. The van der Waals surface area contributed by atoms with Gasteiger partial charge in [0.05, 0.1) is 6.61 Å². The molecule has 0 spiro atoms. The van der Waals surface area contributed by atoms with E-state index in [2.05, 4.69) is 4.99 Å². The fraction of sp³-hybridized carbons (Fsp3) is 0.778.